The molecule has 0 radical (unpaired) electrons. The molecule has 6 aliphatic rings. The first-order chi connectivity index (χ1) is 31.2. The zero-order chi connectivity index (χ0) is 44.4. The Hall–Kier alpha value is -5.28. The van der Waals surface area contributed by atoms with Crippen molar-refractivity contribution in [3.63, 3.8) is 0 Å². The minimum Gasteiger partial charge on any atom is -0.356 e. The number of benzene rings is 2. The molecule has 2 N–H and O–H groups in total. The van der Waals surface area contributed by atoms with Crippen LogP contribution in [0.1, 0.15) is 106 Å². The van der Waals surface area contributed by atoms with Crippen LogP contribution in [0, 0.1) is 0 Å². The monoisotopic (exact) mass is 872 g/mol. The SMILES string of the molecule is O=C(CCC1=CC=CC1)NCCCN1CCN(CCCN2C(=O)c3ccc4c5c(ccc(c35)C2=O)C(=O)N(CCCN2CCN(CCCNC(=O)CCC3=CC=CC3)CC2)C4=O)CC1. The molecule has 64 heavy (non-hydrogen) atoms. The summed E-state index contributed by atoms with van der Waals surface area (Å²) in [5.74, 6) is -1.33. The van der Waals surface area contributed by atoms with E-state index in [9.17, 15) is 28.8 Å². The number of nitrogens with one attached hydrogen (secondary N) is 2. The Kier molecular flexibility index (Phi) is 15.3. The topological polar surface area (TPSA) is 146 Å². The van der Waals surface area contributed by atoms with Crippen molar-refractivity contribution in [2.45, 2.75) is 64.2 Å². The summed E-state index contributed by atoms with van der Waals surface area (Å²) < 4.78 is 0. The Labute approximate surface area is 377 Å². The van der Waals surface area contributed by atoms with E-state index < -0.39 is 0 Å². The molecule has 2 fully saturated rings. The highest BCUT2D eigenvalue weighted by Crippen LogP contribution is 2.38. The van der Waals surface area contributed by atoms with Gasteiger partial charge in [-0.05, 0) is 102 Å². The molecular formula is C50H64N8O6. The van der Waals surface area contributed by atoms with Gasteiger partial charge in [0.05, 0.1) is 0 Å². The quantitative estimate of drug-likeness (QED) is 0.129. The van der Waals surface area contributed by atoms with Gasteiger partial charge in [0.15, 0.2) is 0 Å². The first-order valence-corrected chi connectivity index (χ1v) is 23.7. The Morgan fingerprint density at radius 1 is 0.453 bits per heavy atom. The smallest absolute Gasteiger partial charge is 0.261 e. The fourth-order valence-corrected chi connectivity index (χ4v) is 9.90. The van der Waals surface area contributed by atoms with Gasteiger partial charge in [0.1, 0.15) is 0 Å². The number of imide groups is 2. The van der Waals surface area contributed by atoms with Gasteiger partial charge in [-0.3, -0.25) is 38.6 Å². The number of amides is 6. The normalized spacial score (nSPS) is 19.3. The number of nitrogens with zero attached hydrogens (tertiary/aromatic N) is 6. The zero-order valence-corrected chi connectivity index (χ0v) is 37.3. The average molecular weight is 873 g/mol. The lowest BCUT2D eigenvalue weighted by molar-refractivity contribution is -0.121. The van der Waals surface area contributed by atoms with Crippen LogP contribution in [0.15, 0.2) is 71.9 Å². The summed E-state index contributed by atoms with van der Waals surface area (Å²) in [7, 11) is 0. The van der Waals surface area contributed by atoms with Gasteiger partial charge in [-0.1, -0.05) is 47.6 Å². The maximum absolute atomic E-state index is 13.9. The zero-order valence-electron chi connectivity index (χ0n) is 37.3. The summed E-state index contributed by atoms with van der Waals surface area (Å²) >= 11 is 0. The van der Waals surface area contributed by atoms with E-state index in [4.69, 9.17) is 0 Å². The van der Waals surface area contributed by atoms with E-state index in [-0.39, 0.29) is 48.5 Å². The Balaban J connectivity index is 0.738. The van der Waals surface area contributed by atoms with E-state index in [2.05, 4.69) is 54.5 Å². The number of allylic oxidation sites excluding steroid dienone is 8. The molecule has 0 atom stereocenters. The summed E-state index contributed by atoms with van der Waals surface area (Å²) in [6.07, 6.45) is 20.3. The van der Waals surface area contributed by atoms with Crippen molar-refractivity contribution >= 4 is 46.2 Å². The molecule has 4 heterocycles. The number of carbonyl (C=O) groups is 6. The molecular weight excluding hydrogens is 809 g/mol. The second kappa shape index (κ2) is 21.6. The van der Waals surface area contributed by atoms with Gasteiger partial charge in [-0.15, -0.1) is 0 Å². The van der Waals surface area contributed by atoms with Crippen molar-refractivity contribution in [2.75, 3.05) is 105 Å². The Morgan fingerprint density at radius 3 is 1.09 bits per heavy atom. The third-order valence-corrected chi connectivity index (χ3v) is 13.7. The van der Waals surface area contributed by atoms with Gasteiger partial charge in [-0.25, -0.2) is 0 Å². The Morgan fingerprint density at radius 2 is 0.781 bits per heavy atom. The van der Waals surface area contributed by atoms with Gasteiger partial charge >= 0.3 is 0 Å². The van der Waals surface area contributed by atoms with E-state index in [1.165, 1.54) is 20.9 Å². The van der Waals surface area contributed by atoms with Crippen LogP contribution in [-0.4, -0.2) is 170 Å². The molecule has 0 saturated carbocycles. The number of hydrogen-bond acceptors (Lipinski definition) is 10. The van der Waals surface area contributed by atoms with Crippen molar-refractivity contribution in [2.24, 2.45) is 0 Å². The van der Waals surface area contributed by atoms with E-state index in [1.807, 2.05) is 12.2 Å². The molecule has 0 aromatic heterocycles. The second-order valence-electron chi connectivity index (χ2n) is 18.0. The van der Waals surface area contributed by atoms with Gasteiger partial charge in [0, 0.05) is 124 Å². The molecule has 0 unspecified atom stereocenters. The first-order valence-electron chi connectivity index (χ1n) is 23.7. The van der Waals surface area contributed by atoms with Crippen molar-refractivity contribution in [3.8, 4) is 0 Å². The van der Waals surface area contributed by atoms with Crippen LogP contribution in [0.5, 0.6) is 0 Å². The van der Waals surface area contributed by atoms with Crippen LogP contribution >= 0.6 is 0 Å². The predicted octanol–water partition coefficient (Wildman–Crippen LogP) is 4.39. The van der Waals surface area contributed by atoms with Crippen LogP contribution in [-0.2, 0) is 9.59 Å². The third-order valence-electron chi connectivity index (χ3n) is 13.7. The maximum Gasteiger partial charge on any atom is 0.261 e. The van der Waals surface area contributed by atoms with Gasteiger partial charge in [0.25, 0.3) is 23.6 Å². The molecule has 6 amide bonds. The van der Waals surface area contributed by atoms with E-state index >= 15 is 0 Å². The summed E-state index contributed by atoms with van der Waals surface area (Å²) in [5.41, 5.74) is 4.04. The molecule has 2 aromatic carbocycles. The molecule has 14 heteroatoms. The molecule has 2 aromatic rings. The standard InChI is InChI=1S/C50H64N8O6/c59-43(19-13-37-9-1-2-10-37)51-21-5-23-53-29-33-55(34-30-53)25-7-27-57-47(61)39-15-17-41-46-42(18-16-40(45(39)46)48(57)62)50(64)58(49(41)63)28-8-26-56-35-31-54(32-36-56)24-6-22-52-44(60)20-14-38-11-3-4-12-38/h1-4,9,11,15-18H,5-8,10,12-14,19-36H2,(H,51,59)(H,52,60). The summed E-state index contributed by atoms with van der Waals surface area (Å²) in [6, 6.07) is 6.59. The number of piperazine rings is 2. The lowest BCUT2D eigenvalue weighted by atomic mass is 9.86. The summed E-state index contributed by atoms with van der Waals surface area (Å²) in [5, 5.41) is 6.93. The van der Waals surface area contributed by atoms with Crippen molar-refractivity contribution in [1.82, 2.24) is 40.0 Å². The lowest BCUT2D eigenvalue weighted by Gasteiger charge is -2.36. The molecule has 14 nitrogen and oxygen atoms in total. The van der Waals surface area contributed by atoms with Crippen LogP contribution in [0.4, 0.5) is 0 Å². The van der Waals surface area contributed by atoms with Crippen molar-refractivity contribution in [1.29, 1.82) is 0 Å². The van der Waals surface area contributed by atoms with Crippen LogP contribution in [0.3, 0.4) is 0 Å². The first kappa shape index (κ1) is 45.3. The molecule has 8 rings (SSSR count). The molecule has 340 valence electrons. The van der Waals surface area contributed by atoms with Crippen LogP contribution in [0.2, 0.25) is 0 Å². The van der Waals surface area contributed by atoms with E-state index in [0.717, 1.165) is 117 Å². The fraction of sp³-hybridized carbons (Fsp3) is 0.520. The largest absolute Gasteiger partial charge is 0.356 e. The van der Waals surface area contributed by atoms with E-state index in [0.29, 0.717) is 71.8 Å². The number of hydrogen-bond donors (Lipinski definition) is 2. The molecule has 0 spiro atoms. The fourth-order valence-electron chi connectivity index (χ4n) is 9.90. The van der Waals surface area contributed by atoms with Gasteiger partial charge < -0.3 is 30.2 Å². The van der Waals surface area contributed by atoms with Crippen LogP contribution < -0.4 is 10.6 Å². The maximum atomic E-state index is 13.9. The minimum absolute atomic E-state index is 0.112. The summed E-state index contributed by atoms with van der Waals surface area (Å²) in [6.45, 7) is 12.7. The highest BCUT2D eigenvalue weighted by atomic mass is 16.2. The molecule has 2 saturated heterocycles. The lowest BCUT2D eigenvalue weighted by Crippen LogP contribution is -2.48. The number of rotatable bonds is 22. The summed E-state index contributed by atoms with van der Waals surface area (Å²) in [4.78, 5) is 92.1. The number of carbonyl (C=O) groups excluding carboxylic acids is 6. The molecule has 4 aliphatic heterocycles. The molecule has 2 aliphatic carbocycles. The minimum atomic E-state index is -0.388. The highest BCUT2D eigenvalue weighted by Gasteiger charge is 2.39. The predicted molar refractivity (Wildman–Crippen MR) is 247 cm³/mol. The molecule has 0 bridgehead atoms. The third kappa shape index (κ3) is 11.0. The average Bonchev–Trinajstić information content (AvgIpc) is 4.05. The van der Waals surface area contributed by atoms with Crippen molar-refractivity contribution in [3.05, 3.63) is 94.1 Å². The van der Waals surface area contributed by atoms with Crippen molar-refractivity contribution < 1.29 is 28.8 Å². The van der Waals surface area contributed by atoms with E-state index in [1.54, 1.807) is 24.3 Å². The Bertz CT molecular complexity index is 2010. The van der Waals surface area contributed by atoms with Crippen LogP contribution in [0.25, 0.3) is 10.8 Å². The second-order valence-corrected chi connectivity index (χ2v) is 18.0. The van der Waals surface area contributed by atoms with Gasteiger partial charge in [-0.2, -0.15) is 0 Å². The van der Waals surface area contributed by atoms with Gasteiger partial charge in [0.2, 0.25) is 11.8 Å². The highest BCUT2D eigenvalue weighted by molar-refractivity contribution is 6.33.